The summed E-state index contributed by atoms with van der Waals surface area (Å²) in [6, 6.07) is 23.5. The average molecular weight is 386 g/mol. The Bertz CT molecular complexity index is 1060. The molecule has 146 valence electrons. The van der Waals surface area contributed by atoms with Gasteiger partial charge in [0.2, 0.25) is 0 Å². The van der Waals surface area contributed by atoms with Crippen molar-refractivity contribution >= 4 is 17.7 Å². The van der Waals surface area contributed by atoms with Gasteiger partial charge in [-0.05, 0) is 47.9 Å². The molecule has 3 aromatic carbocycles. The van der Waals surface area contributed by atoms with Gasteiger partial charge >= 0.3 is 6.09 Å². The number of hydrogen-bond acceptors (Lipinski definition) is 3. The van der Waals surface area contributed by atoms with Gasteiger partial charge in [0.15, 0.2) is 0 Å². The first-order valence-electron chi connectivity index (χ1n) is 9.59. The Balaban J connectivity index is 1.45. The summed E-state index contributed by atoms with van der Waals surface area (Å²) < 4.78 is 4.97. The van der Waals surface area contributed by atoms with Crippen molar-refractivity contribution in [2.24, 2.45) is 0 Å². The Labute approximate surface area is 169 Å². The fraction of sp³-hybridized carbons (Fsp3) is 0.167. The summed E-state index contributed by atoms with van der Waals surface area (Å²) in [6.07, 6.45) is -0.379. The van der Waals surface area contributed by atoms with Crippen LogP contribution in [0.1, 0.15) is 21.5 Å². The van der Waals surface area contributed by atoms with Crippen molar-refractivity contribution in [3.05, 3.63) is 89.5 Å². The third-order valence-corrected chi connectivity index (χ3v) is 4.91. The van der Waals surface area contributed by atoms with E-state index in [0.717, 1.165) is 16.7 Å². The van der Waals surface area contributed by atoms with Crippen molar-refractivity contribution in [1.82, 2.24) is 5.32 Å². The van der Waals surface area contributed by atoms with Crippen molar-refractivity contribution in [2.45, 2.75) is 13.5 Å². The lowest BCUT2D eigenvalue weighted by Gasteiger charge is -2.14. The third kappa shape index (κ3) is 4.29. The number of rotatable bonds is 5. The molecule has 0 radical (unpaired) electrons. The standard InChI is InChI=1S/C24H22N2O3/c1-17-5-2-7-19(13-17)20-8-3-6-18(14-20)16-25-23(27)21-9-4-10-22(15-21)26-11-12-29-24(26)28/h2-10,13-15H,11-12,16H2,1H3,(H,25,27). The largest absolute Gasteiger partial charge is 0.447 e. The molecule has 1 N–H and O–H groups in total. The fourth-order valence-electron chi connectivity index (χ4n) is 3.41. The predicted octanol–water partition coefficient (Wildman–Crippen LogP) is 4.55. The van der Waals surface area contributed by atoms with Crippen LogP contribution in [0.3, 0.4) is 0 Å². The molecule has 4 rings (SSSR count). The highest BCUT2D eigenvalue weighted by Crippen LogP contribution is 2.22. The van der Waals surface area contributed by atoms with Crippen LogP contribution < -0.4 is 10.2 Å². The van der Waals surface area contributed by atoms with Crippen molar-refractivity contribution in [2.75, 3.05) is 18.1 Å². The van der Waals surface area contributed by atoms with Crippen LogP contribution in [-0.2, 0) is 11.3 Å². The number of benzene rings is 3. The van der Waals surface area contributed by atoms with Crippen molar-refractivity contribution in [3.8, 4) is 11.1 Å². The SMILES string of the molecule is Cc1cccc(-c2cccc(CNC(=O)c3cccc(N4CCOC4=O)c3)c2)c1. The van der Waals surface area contributed by atoms with Gasteiger partial charge in [-0.3, -0.25) is 9.69 Å². The van der Waals surface area contributed by atoms with Gasteiger partial charge in [0, 0.05) is 17.8 Å². The number of hydrogen-bond donors (Lipinski definition) is 1. The van der Waals surface area contributed by atoms with Gasteiger partial charge in [-0.15, -0.1) is 0 Å². The number of ether oxygens (including phenoxy) is 1. The molecule has 0 aliphatic carbocycles. The molecule has 0 aromatic heterocycles. The van der Waals surface area contributed by atoms with Gasteiger partial charge in [-0.25, -0.2) is 4.79 Å². The summed E-state index contributed by atoms with van der Waals surface area (Å²) in [5, 5.41) is 2.96. The van der Waals surface area contributed by atoms with Gasteiger partial charge in [-0.2, -0.15) is 0 Å². The van der Waals surface area contributed by atoms with E-state index in [4.69, 9.17) is 4.74 Å². The van der Waals surface area contributed by atoms with E-state index in [-0.39, 0.29) is 12.0 Å². The Hall–Kier alpha value is -3.60. The number of nitrogens with one attached hydrogen (secondary N) is 1. The first kappa shape index (κ1) is 18.7. The van der Waals surface area contributed by atoms with Crippen LogP contribution in [0.25, 0.3) is 11.1 Å². The van der Waals surface area contributed by atoms with Crippen molar-refractivity contribution < 1.29 is 14.3 Å². The first-order valence-corrected chi connectivity index (χ1v) is 9.59. The van der Waals surface area contributed by atoms with Gasteiger partial charge in [0.05, 0.1) is 6.54 Å². The molecule has 0 bridgehead atoms. The lowest BCUT2D eigenvalue weighted by atomic mass is 10.0. The molecule has 0 saturated carbocycles. The van der Waals surface area contributed by atoms with E-state index in [2.05, 4.69) is 42.6 Å². The Kier molecular flexibility index (Phi) is 5.29. The number of cyclic esters (lactones) is 1. The highest BCUT2D eigenvalue weighted by Gasteiger charge is 2.24. The second kappa shape index (κ2) is 8.19. The highest BCUT2D eigenvalue weighted by atomic mass is 16.6. The van der Waals surface area contributed by atoms with E-state index in [1.54, 1.807) is 24.3 Å². The first-order chi connectivity index (χ1) is 14.1. The maximum absolute atomic E-state index is 12.6. The zero-order valence-corrected chi connectivity index (χ0v) is 16.2. The monoisotopic (exact) mass is 386 g/mol. The molecule has 0 atom stereocenters. The Morgan fingerprint density at radius 2 is 1.76 bits per heavy atom. The quantitative estimate of drug-likeness (QED) is 0.700. The smallest absolute Gasteiger partial charge is 0.414 e. The molecule has 0 unspecified atom stereocenters. The van der Waals surface area contributed by atoms with E-state index in [1.807, 2.05) is 18.2 Å². The normalized spacial score (nSPS) is 13.3. The van der Waals surface area contributed by atoms with E-state index in [1.165, 1.54) is 10.5 Å². The highest BCUT2D eigenvalue weighted by molar-refractivity contribution is 5.97. The summed E-state index contributed by atoms with van der Waals surface area (Å²) >= 11 is 0. The van der Waals surface area contributed by atoms with Crippen LogP contribution in [0.2, 0.25) is 0 Å². The molecular weight excluding hydrogens is 364 g/mol. The summed E-state index contributed by atoms with van der Waals surface area (Å²) in [7, 11) is 0. The maximum atomic E-state index is 12.6. The minimum Gasteiger partial charge on any atom is -0.447 e. The molecule has 2 amide bonds. The van der Waals surface area contributed by atoms with E-state index in [9.17, 15) is 9.59 Å². The average Bonchev–Trinajstić information content (AvgIpc) is 3.18. The molecule has 1 aliphatic rings. The Morgan fingerprint density at radius 1 is 1.00 bits per heavy atom. The molecular formula is C24H22N2O3. The number of aryl methyl sites for hydroxylation is 1. The molecule has 1 fully saturated rings. The van der Waals surface area contributed by atoms with Gasteiger partial charge in [0.25, 0.3) is 5.91 Å². The fourth-order valence-corrected chi connectivity index (χ4v) is 3.41. The molecule has 1 aliphatic heterocycles. The van der Waals surface area contributed by atoms with Crippen LogP contribution in [-0.4, -0.2) is 25.2 Å². The Morgan fingerprint density at radius 3 is 2.52 bits per heavy atom. The van der Waals surface area contributed by atoms with Crippen LogP contribution in [0.5, 0.6) is 0 Å². The zero-order chi connectivity index (χ0) is 20.2. The van der Waals surface area contributed by atoms with E-state index >= 15 is 0 Å². The lowest BCUT2D eigenvalue weighted by molar-refractivity contribution is 0.0951. The molecule has 0 spiro atoms. The summed E-state index contributed by atoms with van der Waals surface area (Å²) in [5.74, 6) is -0.180. The molecule has 5 heteroatoms. The second-order valence-electron chi connectivity index (χ2n) is 7.07. The van der Waals surface area contributed by atoms with Crippen LogP contribution >= 0.6 is 0 Å². The zero-order valence-electron chi connectivity index (χ0n) is 16.2. The minimum atomic E-state index is -0.379. The van der Waals surface area contributed by atoms with E-state index < -0.39 is 0 Å². The van der Waals surface area contributed by atoms with E-state index in [0.29, 0.717) is 30.9 Å². The number of anilines is 1. The lowest BCUT2D eigenvalue weighted by Crippen LogP contribution is -2.25. The third-order valence-electron chi connectivity index (χ3n) is 4.91. The van der Waals surface area contributed by atoms with Crippen molar-refractivity contribution in [3.63, 3.8) is 0 Å². The number of carbonyl (C=O) groups excluding carboxylic acids is 2. The topological polar surface area (TPSA) is 58.6 Å². The number of carbonyl (C=O) groups is 2. The molecule has 29 heavy (non-hydrogen) atoms. The molecule has 5 nitrogen and oxygen atoms in total. The van der Waals surface area contributed by atoms with Crippen molar-refractivity contribution in [1.29, 1.82) is 0 Å². The van der Waals surface area contributed by atoms with Crippen LogP contribution in [0, 0.1) is 6.92 Å². The molecule has 1 heterocycles. The number of nitrogens with zero attached hydrogens (tertiary/aromatic N) is 1. The maximum Gasteiger partial charge on any atom is 0.414 e. The predicted molar refractivity (Wildman–Crippen MR) is 113 cm³/mol. The van der Waals surface area contributed by atoms with Crippen LogP contribution in [0.4, 0.5) is 10.5 Å². The van der Waals surface area contributed by atoms with Gasteiger partial charge in [-0.1, -0.05) is 54.1 Å². The summed E-state index contributed by atoms with van der Waals surface area (Å²) in [5.41, 5.74) is 5.69. The summed E-state index contributed by atoms with van der Waals surface area (Å²) in [6.45, 7) is 3.36. The molecule has 3 aromatic rings. The minimum absolute atomic E-state index is 0.180. The summed E-state index contributed by atoms with van der Waals surface area (Å²) in [4.78, 5) is 25.9. The van der Waals surface area contributed by atoms with Gasteiger partial charge < -0.3 is 10.1 Å². The second-order valence-corrected chi connectivity index (χ2v) is 7.07. The van der Waals surface area contributed by atoms with Gasteiger partial charge in [0.1, 0.15) is 6.61 Å². The van der Waals surface area contributed by atoms with Crippen LogP contribution in [0.15, 0.2) is 72.8 Å². The molecule has 1 saturated heterocycles. The number of amides is 2.